The molecule has 1 heterocycles. The van der Waals surface area contributed by atoms with Crippen LogP contribution in [0.4, 0.5) is 0 Å². The van der Waals surface area contributed by atoms with Gasteiger partial charge in [0.2, 0.25) is 0 Å². The van der Waals surface area contributed by atoms with Gasteiger partial charge >= 0.3 is 5.97 Å². The fraction of sp³-hybridized carbons (Fsp3) is 0.0952. The van der Waals surface area contributed by atoms with Crippen LogP contribution in [0.1, 0.15) is 15.9 Å². The van der Waals surface area contributed by atoms with Gasteiger partial charge in [-0.25, -0.2) is 4.79 Å². The van der Waals surface area contributed by atoms with Gasteiger partial charge in [-0.2, -0.15) is 0 Å². The number of hydrogen-bond donors (Lipinski definition) is 2. The van der Waals surface area contributed by atoms with Crippen LogP contribution in [0.3, 0.4) is 0 Å². The van der Waals surface area contributed by atoms with Crippen molar-refractivity contribution in [2.24, 2.45) is 0 Å². The van der Waals surface area contributed by atoms with Gasteiger partial charge in [0.05, 0.1) is 18.2 Å². The van der Waals surface area contributed by atoms with Crippen molar-refractivity contribution in [1.29, 1.82) is 0 Å². The Morgan fingerprint density at radius 2 is 1.77 bits per heavy atom. The molecule has 5 heteroatoms. The highest BCUT2D eigenvalue weighted by Crippen LogP contribution is 2.31. The molecule has 0 bridgehead atoms. The number of ether oxygens (including phenoxy) is 1. The molecule has 0 radical (unpaired) electrons. The van der Waals surface area contributed by atoms with Crippen LogP contribution in [0.5, 0.6) is 11.5 Å². The quantitative estimate of drug-likeness (QED) is 0.579. The van der Waals surface area contributed by atoms with Crippen molar-refractivity contribution in [3.05, 3.63) is 71.8 Å². The van der Waals surface area contributed by atoms with Gasteiger partial charge in [0.15, 0.2) is 0 Å². The number of aromatic hydroxyl groups is 1. The second kappa shape index (κ2) is 6.11. The minimum absolute atomic E-state index is 0.131. The SMILES string of the molecule is COc1cc(O)cc(Cn2c3ccccc3c3ccc(C(=O)O)cc32)c1. The maximum absolute atomic E-state index is 11.4. The Morgan fingerprint density at radius 3 is 2.54 bits per heavy atom. The van der Waals surface area contributed by atoms with E-state index in [4.69, 9.17) is 4.74 Å². The van der Waals surface area contributed by atoms with Gasteiger partial charge in [-0.05, 0) is 35.9 Å². The van der Waals surface area contributed by atoms with E-state index in [-0.39, 0.29) is 11.3 Å². The Kier molecular flexibility index (Phi) is 3.77. The molecule has 26 heavy (non-hydrogen) atoms. The third-order valence-corrected chi connectivity index (χ3v) is 4.55. The van der Waals surface area contributed by atoms with Gasteiger partial charge in [0, 0.05) is 28.9 Å². The second-order valence-electron chi connectivity index (χ2n) is 6.18. The molecule has 0 amide bonds. The predicted octanol–water partition coefficient (Wildman–Crippen LogP) is 4.26. The van der Waals surface area contributed by atoms with Gasteiger partial charge in [-0.1, -0.05) is 24.3 Å². The molecule has 1 aromatic heterocycles. The average molecular weight is 347 g/mol. The van der Waals surface area contributed by atoms with Crippen LogP contribution in [0.25, 0.3) is 21.8 Å². The summed E-state index contributed by atoms with van der Waals surface area (Å²) in [5.41, 5.74) is 2.96. The van der Waals surface area contributed by atoms with E-state index in [2.05, 4.69) is 4.57 Å². The lowest BCUT2D eigenvalue weighted by Gasteiger charge is -2.10. The number of hydrogen-bond acceptors (Lipinski definition) is 3. The number of nitrogens with zero attached hydrogens (tertiary/aromatic N) is 1. The van der Waals surface area contributed by atoms with Crippen molar-refractivity contribution in [2.45, 2.75) is 6.54 Å². The summed E-state index contributed by atoms with van der Waals surface area (Å²) in [6.07, 6.45) is 0. The Labute approximate surface area is 149 Å². The molecule has 4 rings (SSSR count). The van der Waals surface area contributed by atoms with E-state index in [1.165, 1.54) is 0 Å². The number of fused-ring (bicyclic) bond motifs is 3. The standard InChI is InChI=1S/C21H17NO4/c1-26-16-9-13(8-15(23)11-16)12-22-19-5-3-2-4-17(19)18-7-6-14(21(24)25)10-20(18)22/h2-11,23H,12H2,1H3,(H,24,25). The number of aromatic carboxylic acids is 1. The van der Waals surface area contributed by atoms with E-state index in [0.29, 0.717) is 12.3 Å². The first-order chi connectivity index (χ1) is 12.6. The van der Waals surface area contributed by atoms with Crippen LogP contribution in [0.2, 0.25) is 0 Å². The summed E-state index contributed by atoms with van der Waals surface area (Å²) in [6, 6.07) is 18.2. The number of rotatable bonds is 4. The molecule has 0 aliphatic carbocycles. The normalized spacial score (nSPS) is 11.1. The molecule has 0 fully saturated rings. The highest BCUT2D eigenvalue weighted by molar-refractivity contribution is 6.09. The predicted molar refractivity (Wildman–Crippen MR) is 100 cm³/mol. The summed E-state index contributed by atoms with van der Waals surface area (Å²) >= 11 is 0. The number of aromatic nitrogens is 1. The summed E-state index contributed by atoms with van der Waals surface area (Å²) in [5, 5.41) is 21.3. The fourth-order valence-corrected chi connectivity index (χ4v) is 3.39. The maximum Gasteiger partial charge on any atom is 0.335 e. The van der Waals surface area contributed by atoms with Gasteiger partial charge in [0.1, 0.15) is 11.5 Å². The van der Waals surface area contributed by atoms with Crippen LogP contribution < -0.4 is 4.74 Å². The maximum atomic E-state index is 11.4. The highest BCUT2D eigenvalue weighted by Gasteiger charge is 2.14. The zero-order chi connectivity index (χ0) is 18.3. The van der Waals surface area contributed by atoms with E-state index in [9.17, 15) is 15.0 Å². The topological polar surface area (TPSA) is 71.7 Å². The molecule has 2 N–H and O–H groups in total. The Morgan fingerprint density at radius 1 is 1.00 bits per heavy atom. The number of para-hydroxylation sites is 1. The number of phenolic OH excluding ortho intramolecular Hbond substituents is 1. The Balaban J connectivity index is 1.96. The molecule has 0 saturated heterocycles. The number of carbonyl (C=O) groups is 1. The molecule has 4 aromatic rings. The van der Waals surface area contributed by atoms with Crippen LogP contribution >= 0.6 is 0 Å². The number of benzene rings is 3. The number of carboxylic acid groups (broad SMARTS) is 1. The largest absolute Gasteiger partial charge is 0.508 e. The fourth-order valence-electron chi connectivity index (χ4n) is 3.39. The van der Waals surface area contributed by atoms with Crippen molar-refractivity contribution in [3.8, 4) is 11.5 Å². The summed E-state index contributed by atoms with van der Waals surface area (Å²) < 4.78 is 7.29. The van der Waals surface area contributed by atoms with E-state index in [1.807, 2.05) is 36.4 Å². The molecule has 0 aliphatic rings. The highest BCUT2D eigenvalue weighted by atomic mass is 16.5. The first-order valence-electron chi connectivity index (χ1n) is 8.18. The second-order valence-corrected chi connectivity index (χ2v) is 6.18. The minimum atomic E-state index is -0.956. The molecular formula is C21H17NO4. The van der Waals surface area contributed by atoms with Gasteiger partial charge in [-0.15, -0.1) is 0 Å². The molecule has 0 saturated carbocycles. The van der Waals surface area contributed by atoms with Crippen molar-refractivity contribution >= 4 is 27.8 Å². The van der Waals surface area contributed by atoms with Crippen LogP contribution in [0, 0.1) is 0 Å². The monoisotopic (exact) mass is 347 g/mol. The minimum Gasteiger partial charge on any atom is -0.508 e. The van der Waals surface area contributed by atoms with Crippen molar-refractivity contribution in [2.75, 3.05) is 7.11 Å². The first kappa shape index (κ1) is 16.0. The van der Waals surface area contributed by atoms with E-state index >= 15 is 0 Å². The third kappa shape index (κ3) is 2.63. The molecule has 3 aromatic carbocycles. The molecule has 0 aliphatic heterocycles. The Bertz CT molecular complexity index is 1140. The van der Waals surface area contributed by atoms with Crippen molar-refractivity contribution in [1.82, 2.24) is 4.57 Å². The lowest BCUT2D eigenvalue weighted by molar-refractivity contribution is 0.0697. The van der Waals surface area contributed by atoms with Crippen molar-refractivity contribution in [3.63, 3.8) is 0 Å². The molecular weight excluding hydrogens is 330 g/mol. The van der Waals surface area contributed by atoms with Crippen LogP contribution in [0.15, 0.2) is 60.7 Å². The molecule has 0 unspecified atom stereocenters. The molecule has 0 atom stereocenters. The average Bonchev–Trinajstić information content (AvgIpc) is 2.94. The summed E-state index contributed by atoms with van der Waals surface area (Å²) in [5.74, 6) is -0.249. The lowest BCUT2D eigenvalue weighted by Crippen LogP contribution is -2.01. The zero-order valence-electron chi connectivity index (χ0n) is 14.1. The number of phenols is 1. The first-order valence-corrected chi connectivity index (χ1v) is 8.18. The third-order valence-electron chi connectivity index (χ3n) is 4.55. The number of methoxy groups -OCH3 is 1. The van der Waals surface area contributed by atoms with E-state index in [1.54, 1.807) is 31.4 Å². The zero-order valence-corrected chi connectivity index (χ0v) is 14.1. The van der Waals surface area contributed by atoms with Crippen LogP contribution in [-0.4, -0.2) is 27.9 Å². The smallest absolute Gasteiger partial charge is 0.335 e. The van der Waals surface area contributed by atoms with Gasteiger partial charge in [0.25, 0.3) is 0 Å². The van der Waals surface area contributed by atoms with E-state index < -0.39 is 5.97 Å². The van der Waals surface area contributed by atoms with Gasteiger partial charge in [-0.3, -0.25) is 0 Å². The van der Waals surface area contributed by atoms with Crippen LogP contribution in [-0.2, 0) is 6.54 Å². The number of carboxylic acids is 1. The summed E-state index contributed by atoms with van der Waals surface area (Å²) in [4.78, 5) is 11.4. The van der Waals surface area contributed by atoms with Gasteiger partial charge < -0.3 is 19.5 Å². The molecule has 130 valence electrons. The molecule has 0 spiro atoms. The molecule has 5 nitrogen and oxygen atoms in total. The van der Waals surface area contributed by atoms with Crippen molar-refractivity contribution < 1.29 is 19.7 Å². The van der Waals surface area contributed by atoms with E-state index in [0.717, 1.165) is 27.4 Å². The lowest BCUT2D eigenvalue weighted by atomic mass is 10.1. The Hall–Kier alpha value is -3.47. The summed E-state index contributed by atoms with van der Waals surface area (Å²) in [6.45, 7) is 0.484. The summed E-state index contributed by atoms with van der Waals surface area (Å²) in [7, 11) is 1.55.